The highest BCUT2D eigenvalue weighted by Crippen LogP contribution is 2.38. The standard InChI is InChI=1S/C38H35F2N3O7/c1-46-34-21-28-30(22-35(34)48-15-2-12-42-13-17-47-18-14-42)41-11-9-32(28)50-33-8-3-24(19-29(33)40)20-31(44)36-37-25(10-16-49-37)23-43(38(36)45)27-6-4-26(39)5-7-27/h3-9,11,19,21-23H,2,10,12-18,20H2,1H3. The Bertz CT molecular complexity index is 2100. The number of fused-ring (bicyclic) bond motifs is 2. The van der Waals surface area contributed by atoms with Crippen LogP contribution in [-0.4, -0.2) is 73.4 Å². The van der Waals surface area contributed by atoms with Crippen molar-refractivity contribution in [2.45, 2.75) is 19.3 Å². The number of methoxy groups -OCH3 is 1. The zero-order valence-corrected chi connectivity index (χ0v) is 27.5. The minimum absolute atomic E-state index is 0.0568. The predicted molar refractivity (Wildman–Crippen MR) is 181 cm³/mol. The third kappa shape index (κ3) is 7.03. The van der Waals surface area contributed by atoms with Gasteiger partial charge in [0.25, 0.3) is 5.56 Å². The van der Waals surface area contributed by atoms with E-state index in [0.717, 1.165) is 39.3 Å². The molecule has 0 saturated carbocycles. The number of Topliss-reactive ketones (excluding diaryl/α,β-unsaturated/α-hetero) is 1. The third-order valence-corrected chi connectivity index (χ3v) is 8.79. The number of ether oxygens (including phenoxy) is 5. The number of aromatic nitrogens is 2. The highest BCUT2D eigenvalue weighted by molar-refractivity contribution is 6.00. The molecule has 0 atom stereocenters. The lowest BCUT2D eigenvalue weighted by Gasteiger charge is -2.26. The second-order valence-electron chi connectivity index (χ2n) is 12.1. The average Bonchev–Trinajstić information content (AvgIpc) is 3.59. The Morgan fingerprint density at radius 3 is 2.54 bits per heavy atom. The molecule has 12 heteroatoms. The van der Waals surface area contributed by atoms with Crippen molar-refractivity contribution in [1.82, 2.24) is 14.5 Å². The van der Waals surface area contributed by atoms with Crippen LogP contribution in [0.2, 0.25) is 0 Å². The van der Waals surface area contributed by atoms with Gasteiger partial charge in [-0.3, -0.25) is 24.0 Å². The van der Waals surface area contributed by atoms with Gasteiger partial charge in [-0.1, -0.05) is 6.07 Å². The molecule has 4 heterocycles. The highest BCUT2D eigenvalue weighted by Gasteiger charge is 2.27. The minimum atomic E-state index is -0.689. The molecule has 7 rings (SSSR count). The number of ketones is 1. The van der Waals surface area contributed by atoms with E-state index in [4.69, 9.17) is 23.7 Å². The average molecular weight is 684 g/mol. The smallest absolute Gasteiger partial charge is 0.269 e. The van der Waals surface area contributed by atoms with Crippen LogP contribution in [0.15, 0.2) is 77.9 Å². The van der Waals surface area contributed by atoms with Crippen LogP contribution in [0.5, 0.6) is 28.7 Å². The molecule has 2 aliphatic heterocycles. The molecule has 2 aliphatic rings. The maximum Gasteiger partial charge on any atom is 0.269 e. The number of hydrogen-bond acceptors (Lipinski definition) is 9. The van der Waals surface area contributed by atoms with Crippen molar-refractivity contribution in [2.75, 3.05) is 53.2 Å². The van der Waals surface area contributed by atoms with Gasteiger partial charge in [0.05, 0.1) is 39.1 Å². The number of hydrogen-bond donors (Lipinski definition) is 0. The molecule has 2 aromatic heterocycles. The number of morpholine rings is 1. The van der Waals surface area contributed by atoms with Gasteiger partial charge in [0.2, 0.25) is 0 Å². The number of carbonyl (C=O) groups is 1. The van der Waals surface area contributed by atoms with E-state index in [9.17, 15) is 14.0 Å². The van der Waals surface area contributed by atoms with Crippen LogP contribution in [0.1, 0.15) is 27.9 Å². The Kier molecular flexibility index (Phi) is 9.72. The lowest BCUT2D eigenvalue weighted by atomic mass is 10.0. The van der Waals surface area contributed by atoms with Crippen molar-refractivity contribution < 1.29 is 37.3 Å². The Hall–Kier alpha value is -5.33. The number of benzene rings is 3. The van der Waals surface area contributed by atoms with Gasteiger partial charge >= 0.3 is 0 Å². The topological polar surface area (TPSA) is 101 Å². The van der Waals surface area contributed by atoms with Gasteiger partial charge in [-0.15, -0.1) is 0 Å². The van der Waals surface area contributed by atoms with Crippen LogP contribution in [-0.2, 0) is 17.6 Å². The molecule has 1 fully saturated rings. The first-order valence-corrected chi connectivity index (χ1v) is 16.4. The highest BCUT2D eigenvalue weighted by atomic mass is 19.1. The molecule has 0 amide bonds. The molecule has 3 aromatic carbocycles. The summed E-state index contributed by atoms with van der Waals surface area (Å²) in [6.45, 7) is 5.06. The Labute approximate surface area is 286 Å². The fraction of sp³-hybridized carbons (Fsp3) is 0.289. The third-order valence-electron chi connectivity index (χ3n) is 8.79. The molecule has 0 spiro atoms. The normalized spacial score (nSPS) is 14.3. The summed E-state index contributed by atoms with van der Waals surface area (Å²) in [5.41, 5.74) is 1.32. The first-order chi connectivity index (χ1) is 24.4. The molecule has 0 bridgehead atoms. The van der Waals surface area contributed by atoms with E-state index in [0.29, 0.717) is 64.6 Å². The fourth-order valence-corrected chi connectivity index (χ4v) is 6.21. The van der Waals surface area contributed by atoms with Crippen LogP contribution >= 0.6 is 0 Å². The SMILES string of the molecule is COc1cc2c(Oc3ccc(CC(=O)c4c5c(cn(-c6ccc(F)cc6)c4=O)CCO5)cc3F)ccnc2cc1OCCCN1CCOCC1. The molecule has 0 unspecified atom stereocenters. The molecular formula is C38H35F2N3O7. The summed E-state index contributed by atoms with van der Waals surface area (Å²) in [6, 6.07) is 14.8. The lowest BCUT2D eigenvalue weighted by molar-refractivity contribution is 0.0357. The van der Waals surface area contributed by atoms with E-state index in [2.05, 4.69) is 9.88 Å². The van der Waals surface area contributed by atoms with Crippen LogP contribution in [0.25, 0.3) is 16.6 Å². The molecule has 258 valence electrons. The molecular weight excluding hydrogens is 648 g/mol. The molecule has 0 radical (unpaired) electrons. The maximum atomic E-state index is 15.5. The Morgan fingerprint density at radius 2 is 1.76 bits per heavy atom. The fourth-order valence-electron chi connectivity index (χ4n) is 6.21. The van der Waals surface area contributed by atoms with E-state index in [1.54, 1.807) is 43.8 Å². The summed E-state index contributed by atoms with van der Waals surface area (Å²) in [6.07, 6.45) is 4.28. The molecule has 50 heavy (non-hydrogen) atoms. The van der Waals surface area contributed by atoms with Crippen molar-refractivity contribution in [3.63, 3.8) is 0 Å². The molecule has 5 aromatic rings. The van der Waals surface area contributed by atoms with Crippen LogP contribution in [0, 0.1) is 11.6 Å². The van der Waals surface area contributed by atoms with Crippen molar-refractivity contribution in [3.05, 3.63) is 112 Å². The first kappa shape index (κ1) is 33.2. The van der Waals surface area contributed by atoms with E-state index in [-0.39, 0.29) is 23.5 Å². The summed E-state index contributed by atoms with van der Waals surface area (Å²) in [4.78, 5) is 33.9. The zero-order chi connectivity index (χ0) is 34.6. The largest absolute Gasteiger partial charge is 0.493 e. The van der Waals surface area contributed by atoms with Gasteiger partial charge in [0.15, 0.2) is 28.8 Å². The van der Waals surface area contributed by atoms with E-state index >= 15 is 4.39 Å². The number of halogens is 2. The zero-order valence-electron chi connectivity index (χ0n) is 27.5. The van der Waals surface area contributed by atoms with Crippen molar-refractivity contribution in [3.8, 4) is 34.4 Å². The Balaban J connectivity index is 1.07. The summed E-state index contributed by atoms with van der Waals surface area (Å²) in [5, 5.41) is 0.596. The van der Waals surface area contributed by atoms with Crippen molar-refractivity contribution >= 4 is 16.7 Å². The van der Waals surface area contributed by atoms with Crippen molar-refractivity contribution in [2.24, 2.45) is 0 Å². The van der Waals surface area contributed by atoms with E-state index < -0.39 is 23.0 Å². The van der Waals surface area contributed by atoms with Gasteiger partial charge in [-0.25, -0.2) is 8.78 Å². The summed E-state index contributed by atoms with van der Waals surface area (Å²) in [7, 11) is 1.55. The second kappa shape index (κ2) is 14.7. The summed E-state index contributed by atoms with van der Waals surface area (Å²) in [5.74, 6) is -0.0857. The van der Waals surface area contributed by atoms with Crippen LogP contribution < -0.4 is 24.5 Å². The van der Waals surface area contributed by atoms with Gasteiger partial charge in [0.1, 0.15) is 22.9 Å². The number of pyridine rings is 2. The van der Waals surface area contributed by atoms with E-state index in [1.807, 2.05) is 0 Å². The Morgan fingerprint density at radius 1 is 0.940 bits per heavy atom. The monoisotopic (exact) mass is 683 g/mol. The van der Waals surface area contributed by atoms with Gasteiger partial charge in [0, 0.05) is 67.6 Å². The quantitative estimate of drug-likeness (QED) is 0.117. The number of rotatable bonds is 12. The van der Waals surface area contributed by atoms with Crippen LogP contribution in [0.3, 0.4) is 0 Å². The van der Waals surface area contributed by atoms with Crippen LogP contribution in [0.4, 0.5) is 8.78 Å². The molecule has 10 nitrogen and oxygen atoms in total. The number of nitrogens with zero attached hydrogens (tertiary/aromatic N) is 3. The van der Waals surface area contributed by atoms with Gasteiger partial charge in [-0.05, 0) is 60.5 Å². The van der Waals surface area contributed by atoms with Crippen molar-refractivity contribution in [1.29, 1.82) is 0 Å². The lowest BCUT2D eigenvalue weighted by Crippen LogP contribution is -2.37. The summed E-state index contributed by atoms with van der Waals surface area (Å²) < 4.78 is 59.1. The van der Waals surface area contributed by atoms with E-state index in [1.165, 1.54) is 41.0 Å². The first-order valence-electron chi connectivity index (χ1n) is 16.4. The van der Waals surface area contributed by atoms with Gasteiger partial charge < -0.3 is 23.7 Å². The molecule has 1 saturated heterocycles. The summed E-state index contributed by atoms with van der Waals surface area (Å²) >= 11 is 0. The minimum Gasteiger partial charge on any atom is -0.493 e. The molecule has 0 aliphatic carbocycles. The maximum absolute atomic E-state index is 15.5. The number of carbonyl (C=O) groups excluding carboxylic acids is 1. The second-order valence-corrected chi connectivity index (χ2v) is 12.1. The van der Waals surface area contributed by atoms with Gasteiger partial charge in [-0.2, -0.15) is 0 Å². The predicted octanol–water partition coefficient (Wildman–Crippen LogP) is 5.93. The molecule has 0 N–H and O–H groups in total.